The molecule has 1 aromatic carbocycles. The van der Waals surface area contributed by atoms with Gasteiger partial charge in [-0.25, -0.2) is 0 Å². The molecule has 0 aliphatic heterocycles. The molecule has 0 unspecified atom stereocenters. The van der Waals surface area contributed by atoms with E-state index in [2.05, 4.69) is 5.32 Å². The molecule has 0 saturated heterocycles. The Hall–Kier alpha value is -2.34. The number of nitrogens with two attached hydrogens (primary N) is 1. The predicted octanol–water partition coefficient (Wildman–Crippen LogP) is 3.83. The van der Waals surface area contributed by atoms with Crippen molar-refractivity contribution < 1.29 is 14.3 Å². The normalized spacial score (nSPS) is 13.1. The van der Waals surface area contributed by atoms with Crippen molar-refractivity contribution in [3.05, 3.63) is 45.8 Å². The molecule has 2 amide bonds. The summed E-state index contributed by atoms with van der Waals surface area (Å²) in [5, 5.41) is 3.49. The van der Waals surface area contributed by atoms with E-state index < -0.39 is 5.91 Å². The van der Waals surface area contributed by atoms with Gasteiger partial charge in [0.25, 0.3) is 5.91 Å². The molecule has 2 aromatic rings. The van der Waals surface area contributed by atoms with E-state index in [0.717, 1.165) is 42.6 Å². The van der Waals surface area contributed by atoms with Crippen LogP contribution in [0.5, 0.6) is 5.75 Å². The Morgan fingerprint density at radius 3 is 2.85 bits per heavy atom. The van der Waals surface area contributed by atoms with Gasteiger partial charge >= 0.3 is 0 Å². The van der Waals surface area contributed by atoms with Crippen LogP contribution >= 0.6 is 11.3 Å². The van der Waals surface area contributed by atoms with Crippen LogP contribution in [0.2, 0.25) is 0 Å². The number of hydrogen-bond donors (Lipinski definition) is 2. The van der Waals surface area contributed by atoms with Crippen molar-refractivity contribution in [2.45, 2.75) is 45.4 Å². The zero-order chi connectivity index (χ0) is 18.5. The molecule has 1 aromatic heterocycles. The van der Waals surface area contributed by atoms with Crippen LogP contribution in [0.4, 0.5) is 5.00 Å². The number of amides is 2. The predicted molar refractivity (Wildman–Crippen MR) is 104 cm³/mol. The van der Waals surface area contributed by atoms with Crippen LogP contribution in [0.1, 0.15) is 52.0 Å². The van der Waals surface area contributed by atoms with Crippen LogP contribution in [0.15, 0.2) is 24.3 Å². The number of anilines is 1. The third kappa shape index (κ3) is 4.43. The topological polar surface area (TPSA) is 81.4 Å². The Bertz CT molecular complexity index is 813. The molecule has 0 bridgehead atoms. The summed E-state index contributed by atoms with van der Waals surface area (Å²) in [5.41, 5.74) is 8.24. The first-order valence-corrected chi connectivity index (χ1v) is 9.80. The number of hydrogen-bond acceptors (Lipinski definition) is 4. The van der Waals surface area contributed by atoms with Crippen molar-refractivity contribution in [2.75, 3.05) is 11.9 Å². The van der Waals surface area contributed by atoms with Crippen LogP contribution < -0.4 is 15.8 Å². The molecule has 3 N–H and O–H groups in total. The number of aryl methyl sites for hydroxylation is 2. The number of nitrogens with one attached hydrogen (secondary N) is 1. The summed E-state index contributed by atoms with van der Waals surface area (Å²) in [6, 6.07) is 7.83. The van der Waals surface area contributed by atoms with E-state index in [0.29, 0.717) is 30.0 Å². The van der Waals surface area contributed by atoms with Gasteiger partial charge in [0.15, 0.2) is 0 Å². The summed E-state index contributed by atoms with van der Waals surface area (Å²) in [6.45, 7) is 2.48. The van der Waals surface area contributed by atoms with Crippen LogP contribution in [0.3, 0.4) is 0 Å². The van der Waals surface area contributed by atoms with Crippen molar-refractivity contribution in [1.82, 2.24) is 0 Å². The highest BCUT2D eigenvalue weighted by atomic mass is 32.1. The van der Waals surface area contributed by atoms with Gasteiger partial charge in [-0.05, 0) is 62.3 Å². The second-order valence-corrected chi connectivity index (χ2v) is 7.70. The van der Waals surface area contributed by atoms with Gasteiger partial charge in [-0.15, -0.1) is 11.3 Å². The van der Waals surface area contributed by atoms with E-state index in [1.807, 2.05) is 31.2 Å². The minimum atomic E-state index is -0.456. The van der Waals surface area contributed by atoms with E-state index in [-0.39, 0.29) is 5.91 Å². The number of benzene rings is 1. The second kappa shape index (κ2) is 8.36. The Morgan fingerprint density at radius 2 is 2.08 bits per heavy atom. The highest BCUT2D eigenvalue weighted by Gasteiger charge is 2.24. The van der Waals surface area contributed by atoms with Crippen molar-refractivity contribution in [1.29, 1.82) is 0 Å². The lowest BCUT2D eigenvalue weighted by Crippen LogP contribution is -2.18. The van der Waals surface area contributed by atoms with E-state index >= 15 is 0 Å². The monoisotopic (exact) mass is 372 g/mol. The number of ether oxygens (including phenoxy) is 1. The van der Waals surface area contributed by atoms with Gasteiger partial charge in [0.1, 0.15) is 10.8 Å². The van der Waals surface area contributed by atoms with Crippen molar-refractivity contribution in [3.63, 3.8) is 0 Å². The molecule has 26 heavy (non-hydrogen) atoms. The third-order valence-electron chi connectivity index (χ3n) is 4.48. The Balaban J connectivity index is 1.53. The van der Waals surface area contributed by atoms with E-state index in [1.165, 1.54) is 16.2 Å². The molecule has 0 atom stereocenters. The highest BCUT2D eigenvalue weighted by molar-refractivity contribution is 7.17. The van der Waals surface area contributed by atoms with E-state index in [1.54, 1.807) is 0 Å². The number of primary amides is 1. The minimum Gasteiger partial charge on any atom is -0.494 e. The summed E-state index contributed by atoms with van der Waals surface area (Å²) in [6.07, 6.45) is 4.96. The molecule has 0 spiro atoms. The standard InChI is InChI=1S/C20H24N2O3S/c1-13-6-4-7-14(12-13)25-11-5-10-17(23)22-20-18(19(21)24)15-8-2-3-9-16(15)26-20/h4,6-7,12H,2-3,5,8-11H2,1H3,(H2,21,24)(H,22,23). The van der Waals surface area contributed by atoms with Gasteiger partial charge < -0.3 is 15.8 Å². The highest BCUT2D eigenvalue weighted by Crippen LogP contribution is 2.37. The first-order chi connectivity index (χ1) is 12.5. The molecular formula is C20H24N2O3S. The number of carbonyl (C=O) groups excluding carboxylic acids is 2. The smallest absolute Gasteiger partial charge is 0.251 e. The maximum absolute atomic E-state index is 12.3. The van der Waals surface area contributed by atoms with Crippen LogP contribution in [-0.4, -0.2) is 18.4 Å². The largest absolute Gasteiger partial charge is 0.494 e. The quantitative estimate of drug-likeness (QED) is 0.725. The average Bonchev–Trinajstić information content (AvgIpc) is 2.96. The molecule has 1 heterocycles. The van der Waals surface area contributed by atoms with E-state index in [4.69, 9.17) is 10.5 Å². The first-order valence-electron chi connectivity index (χ1n) is 8.98. The molecular weight excluding hydrogens is 348 g/mol. The number of fused-ring (bicyclic) bond motifs is 1. The van der Waals surface area contributed by atoms with Crippen LogP contribution in [0.25, 0.3) is 0 Å². The van der Waals surface area contributed by atoms with Gasteiger partial charge in [0, 0.05) is 11.3 Å². The zero-order valence-electron chi connectivity index (χ0n) is 15.0. The maximum Gasteiger partial charge on any atom is 0.251 e. The minimum absolute atomic E-state index is 0.112. The SMILES string of the molecule is Cc1cccc(OCCCC(=O)Nc2sc3c(c2C(N)=O)CCCC3)c1. The van der Waals surface area contributed by atoms with Crippen molar-refractivity contribution in [2.24, 2.45) is 5.73 Å². The average molecular weight is 372 g/mol. The second-order valence-electron chi connectivity index (χ2n) is 6.60. The fraction of sp³-hybridized carbons (Fsp3) is 0.400. The summed E-state index contributed by atoms with van der Waals surface area (Å²) < 4.78 is 5.66. The summed E-state index contributed by atoms with van der Waals surface area (Å²) in [4.78, 5) is 25.3. The number of rotatable bonds is 7. The van der Waals surface area contributed by atoms with Gasteiger partial charge in [-0.2, -0.15) is 0 Å². The van der Waals surface area contributed by atoms with Gasteiger partial charge in [0.05, 0.1) is 12.2 Å². The van der Waals surface area contributed by atoms with Crippen molar-refractivity contribution >= 4 is 28.2 Å². The van der Waals surface area contributed by atoms with Crippen LogP contribution in [-0.2, 0) is 17.6 Å². The molecule has 3 rings (SSSR count). The molecule has 1 aliphatic rings. The molecule has 1 aliphatic carbocycles. The van der Waals surface area contributed by atoms with Crippen molar-refractivity contribution in [3.8, 4) is 5.75 Å². The lowest BCUT2D eigenvalue weighted by atomic mass is 9.95. The molecule has 0 radical (unpaired) electrons. The molecule has 0 fully saturated rings. The number of thiophene rings is 1. The van der Waals surface area contributed by atoms with E-state index in [9.17, 15) is 9.59 Å². The fourth-order valence-electron chi connectivity index (χ4n) is 3.23. The zero-order valence-corrected chi connectivity index (χ0v) is 15.8. The molecule has 138 valence electrons. The molecule has 0 saturated carbocycles. The van der Waals surface area contributed by atoms with Gasteiger partial charge in [-0.1, -0.05) is 12.1 Å². The number of carbonyl (C=O) groups is 2. The van der Waals surface area contributed by atoms with Gasteiger partial charge in [0.2, 0.25) is 5.91 Å². The Kier molecular flexibility index (Phi) is 5.93. The summed E-state index contributed by atoms with van der Waals surface area (Å²) >= 11 is 1.49. The lowest BCUT2D eigenvalue weighted by molar-refractivity contribution is -0.116. The van der Waals surface area contributed by atoms with Crippen LogP contribution in [0, 0.1) is 6.92 Å². The fourth-order valence-corrected chi connectivity index (χ4v) is 4.54. The molecule has 5 nitrogen and oxygen atoms in total. The molecule has 6 heteroatoms. The Morgan fingerprint density at radius 1 is 1.27 bits per heavy atom. The third-order valence-corrected chi connectivity index (χ3v) is 5.68. The maximum atomic E-state index is 12.3. The summed E-state index contributed by atoms with van der Waals surface area (Å²) in [7, 11) is 0. The summed E-state index contributed by atoms with van der Waals surface area (Å²) in [5.74, 6) is 0.244. The Labute approximate surface area is 157 Å². The first kappa shape index (κ1) is 18.5. The van der Waals surface area contributed by atoms with Gasteiger partial charge in [-0.3, -0.25) is 9.59 Å². The lowest BCUT2D eigenvalue weighted by Gasteiger charge is -2.11.